The molecule has 0 radical (unpaired) electrons. The zero-order chi connectivity index (χ0) is 19.4. The van der Waals surface area contributed by atoms with Gasteiger partial charge in [0.05, 0.1) is 11.8 Å². The predicted molar refractivity (Wildman–Crippen MR) is 105 cm³/mol. The van der Waals surface area contributed by atoms with Crippen LogP contribution in [-0.2, 0) is 11.8 Å². The molecule has 1 atom stereocenters. The SMILES string of the molecule is CC(NC(=O)CSc1nnc(-c2ccc(F)cc2)n1C)c1ccc(Cl)cc1. The lowest BCUT2D eigenvalue weighted by Crippen LogP contribution is -2.28. The van der Waals surface area contributed by atoms with Crippen LogP contribution in [0.4, 0.5) is 4.39 Å². The number of carbonyl (C=O) groups excluding carboxylic acids is 1. The molecule has 2 aromatic carbocycles. The van der Waals surface area contributed by atoms with Crippen molar-refractivity contribution >= 4 is 29.3 Å². The summed E-state index contributed by atoms with van der Waals surface area (Å²) >= 11 is 7.18. The van der Waals surface area contributed by atoms with Crippen LogP contribution >= 0.6 is 23.4 Å². The number of aromatic nitrogens is 3. The van der Waals surface area contributed by atoms with Gasteiger partial charge in [-0.3, -0.25) is 4.79 Å². The molecule has 0 aliphatic carbocycles. The smallest absolute Gasteiger partial charge is 0.230 e. The van der Waals surface area contributed by atoms with E-state index in [2.05, 4.69) is 15.5 Å². The van der Waals surface area contributed by atoms with Crippen LogP contribution < -0.4 is 5.32 Å². The van der Waals surface area contributed by atoms with Crippen LogP contribution in [0, 0.1) is 5.82 Å². The van der Waals surface area contributed by atoms with Gasteiger partial charge in [0.1, 0.15) is 5.82 Å². The molecule has 1 heterocycles. The topological polar surface area (TPSA) is 59.8 Å². The van der Waals surface area contributed by atoms with Gasteiger partial charge in [-0.05, 0) is 48.9 Å². The fourth-order valence-electron chi connectivity index (χ4n) is 2.54. The minimum atomic E-state index is -0.304. The van der Waals surface area contributed by atoms with E-state index in [0.717, 1.165) is 11.1 Å². The summed E-state index contributed by atoms with van der Waals surface area (Å²) in [4.78, 5) is 12.2. The molecule has 3 aromatic rings. The van der Waals surface area contributed by atoms with Crippen molar-refractivity contribution in [1.82, 2.24) is 20.1 Å². The van der Waals surface area contributed by atoms with Gasteiger partial charge in [0.15, 0.2) is 11.0 Å². The van der Waals surface area contributed by atoms with E-state index < -0.39 is 0 Å². The summed E-state index contributed by atoms with van der Waals surface area (Å²) in [5.41, 5.74) is 1.74. The first-order valence-electron chi connectivity index (χ1n) is 8.27. The van der Waals surface area contributed by atoms with Gasteiger partial charge in [0.2, 0.25) is 5.91 Å². The second-order valence-corrected chi connectivity index (χ2v) is 7.38. The Labute approximate surface area is 166 Å². The van der Waals surface area contributed by atoms with Gasteiger partial charge in [0.25, 0.3) is 0 Å². The van der Waals surface area contributed by atoms with E-state index in [1.165, 1.54) is 23.9 Å². The molecule has 140 valence electrons. The number of thioether (sulfide) groups is 1. The molecular weight excluding hydrogens is 387 g/mol. The van der Waals surface area contributed by atoms with Crippen molar-refractivity contribution in [1.29, 1.82) is 0 Å². The Morgan fingerprint density at radius 3 is 2.52 bits per heavy atom. The van der Waals surface area contributed by atoms with Gasteiger partial charge in [-0.25, -0.2) is 4.39 Å². The van der Waals surface area contributed by atoms with Gasteiger partial charge in [-0.2, -0.15) is 0 Å². The van der Waals surface area contributed by atoms with Gasteiger partial charge >= 0.3 is 0 Å². The Kier molecular flexibility index (Phi) is 6.13. The summed E-state index contributed by atoms with van der Waals surface area (Å²) in [6.45, 7) is 1.92. The maximum Gasteiger partial charge on any atom is 0.230 e. The molecule has 1 N–H and O–H groups in total. The number of nitrogens with zero attached hydrogens (tertiary/aromatic N) is 3. The van der Waals surface area contributed by atoms with E-state index in [1.54, 1.807) is 28.8 Å². The molecular formula is C19H18ClFN4OS. The van der Waals surface area contributed by atoms with E-state index in [0.29, 0.717) is 16.0 Å². The highest BCUT2D eigenvalue weighted by atomic mass is 35.5. The molecule has 0 spiro atoms. The summed E-state index contributed by atoms with van der Waals surface area (Å²) < 4.78 is 14.9. The molecule has 0 bridgehead atoms. The Morgan fingerprint density at radius 2 is 1.85 bits per heavy atom. The number of hydrogen-bond donors (Lipinski definition) is 1. The van der Waals surface area contributed by atoms with Crippen molar-refractivity contribution in [2.75, 3.05) is 5.75 Å². The van der Waals surface area contributed by atoms with Crippen LogP contribution in [0.1, 0.15) is 18.5 Å². The van der Waals surface area contributed by atoms with Gasteiger partial charge < -0.3 is 9.88 Å². The Hall–Kier alpha value is -2.38. The maximum atomic E-state index is 13.1. The minimum absolute atomic E-state index is 0.103. The fourth-order valence-corrected chi connectivity index (χ4v) is 3.39. The van der Waals surface area contributed by atoms with Crippen LogP contribution in [0.25, 0.3) is 11.4 Å². The number of halogens is 2. The number of amides is 1. The molecule has 0 aliphatic heterocycles. The first-order chi connectivity index (χ1) is 12.9. The summed E-state index contributed by atoms with van der Waals surface area (Å²) in [7, 11) is 1.81. The lowest BCUT2D eigenvalue weighted by Gasteiger charge is -2.14. The van der Waals surface area contributed by atoms with E-state index in [9.17, 15) is 9.18 Å². The standard InChI is InChI=1S/C19H18ClFN4OS/c1-12(13-3-7-15(20)8-4-13)22-17(26)11-27-19-24-23-18(25(19)2)14-5-9-16(21)10-6-14/h3-10,12H,11H2,1-2H3,(H,22,26). The van der Waals surface area contributed by atoms with E-state index in [4.69, 9.17) is 11.6 Å². The van der Waals surface area contributed by atoms with E-state index in [-0.39, 0.29) is 23.5 Å². The van der Waals surface area contributed by atoms with Gasteiger partial charge in [-0.15, -0.1) is 10.2 Å². The lowest BCUT2D eigenvalue weighted by atomic mass is 10.1. The molecule has 1 amide bonds. The van der Waals surface area contributed by atoms with E-state index in [1.807, 2.05) is 26.1 Å². The van der Waals surface area contributed by atoms with Crippen LogP contribution in [0.5, 0.6) is 0 Å². The fraction of sp³-hybridized carbons (Fsp3) is 0.211. The minimum Gasteiger partial charge on any atom is -0.349 e. The van der Waals surface area contributed by atoms with E-state index >= 15 is 0 Å². The average Bonchev–Trinajstić information content (AvgIpc) is 3.02. The average molecular weight is 405 g/mol. The largest absolute Gasteiger partial charge is 0.349 e. The van der Waals surface area contributed by atoms with Crippen LogP contribution in [-0.4, -0.2) is 26.4 Å². The lowest BCUT2D eigenvalue weighted by molar-refractivity contribution is -0.119. The molecule has 0 fully saturated rings. The third kappa shape index (κ3) is 4.87. The second kappa shape index (κ2) is 8.54. The van der Waals surface area contributed by atoms with Crippen molar-refractivity contribution < 1.29 is 9.18 Å². The third-order valence-electron chi connectivity index (χ3n) is 4.02. The normalized spacial score (nSPS) is 12.0. The Morgan fingerprint density at radius 1 is 1.19 bits per heavy atom. The molecule has 0 saturated heterocycles. The summed E-state index contributed by atoms with van der Waals surface area (Å²) in [6, 6.07) is 13.3. The Bertz CT molecular complexity index is 928. The van der Waals surface area contributed by atoms with Crippen LogP contribution in [0.3, 0.4) is 0 Å². The first kappa shape index (κ1) is 19.4. The van der Waals surface area contributed by atoms with Crippen LogP contribution in [0.2, 0.25) is 5.02 Å². The highest BCUT2D eigenvalue weighted by Gasteiger charge is 2.14. The molecule has 5 nitrogen and oxygen atoms in total. The van der Waals surface area contributed by atoms with Gasteiger partial charge in [-0.1, -0.05) is 35.5 Å². The molecule has 1 unspecified atom stereocenters. The molecule has 1 aromatic heterocycles. The zero-order valence-corrected chi connectivity index (χ0v) is 16.4. The van der Waals surface area contributed by atoms with Crippen molar-refractivity contribution in [3.63, 3.8) is 0 Å². The van der Waals surface area contributed by atoms with Crippen molar-refractivity contribution in [3.8, 4) is 11.4 Å². The summed E-state index contributed by atoms with van der Waals surface area (Å²) in [5.74, 6) is 0.427. The van der Waals surface area contributed by atoms with Gasteiger partial charge in [0, 0.05) is 17.6 Å². The highest BCUT2D eigenvalue weighted by Crippen LogP contribution is 2.23. The molecule has 3 rings (SSSR count). The Balaban J connectivity index is 1.59. The highest BCUT2D eigenvalue weighted by molar-refractivity contribution is 7.99. The maximum absolute atomic E-state index is 13.1. The number of nitrogens with one attached hydrogen (secondary N) is 1. The summed E-state index contributed by atoms with van der Waals surface area (Å²) in [6.07, 6.45) is 0. The third-order valence-corrected chi connectivity index (χ3v) is 5.29. The first-order valence-corrected chi connectivity index (χ1v) is 9.63. The predicted octanol–water partition coefficient (Wildman–Crippen LogP) is 4.24. The zero-order valence-electron chi connectivity index (χ0n) is 14.8. The number of benzene rings is 2. The quantitative estimate of drug-likeness (QED) is 0.624. The molecule has 27 heavy (non-hydrogen) atoms. The number of hydrogen-bond acceptors (Lipinski definition) is 4. The molecule has 0 aliphatic rings. The van der Waals surface area contributed by atoms with Crippen molar-refractivity contribution in [2.45, 2.75) is 18.1 Å². The van der Waals surface area contributed by atoms with Crippen molar-refractivity contribution in [3.05, 3.63) is 64.9 Å². The molecule has 0 saturated carbocycles. The molecule has 8 heteroatoms. The number of rotatable bonds is 6. The monoisotopic (exact) mass is 404 g/mol. The van der Waals surface area contributed by atoms with Crippen LogP contribution in [0.15, 0.2) is 53.7 Å². The second-order valence-electron chi connectivity index (χ2n) is 6.00. The summed E-state index contributed by atoms with van der Waals surface area (Å²) in [5, 5.41) is 12.5. The number of carbonyl (C=O) groups is 1. The van der Waals surface area contributed by atoms with Crippen molar-refractivity contribution in [2.24, 2.45) is 7.05 Å².